The van der Waals surface area contributed by atoms with Crippen LogP contribution in [0.2, 0.25) is 0 Å². The minimum atomic E-state index is -1.11. The summed E-state index contributed by atoms with van der Waals surface area (Å²) in [4.78, 5) is 48.4. The van der Waals surface area contributed by atoms with Crippen molar-refractivity contribution in [3.63, 3.8) is 0 Å². The van der Waals surface area contributed by atoms with Crippen molar-refractivity contribution >= 4 is 17.7 Å². The summed E-state index contributed by atoms with van der Waals surface area (Å²) in [6.45, 7) is 20.8. The molecular formula is C31H51N3O5. The normalized spacial score (nSPS) is 31.5. The first kappa shape index (κ1) is 31.3. The molecule has 0 aromatic heterocycles. The van der Waals surface area contributed by atoms with Crippen molar-refractivity contribution < 1.29 is 24.2 Å². The van der Waals surface area contributed by atoms with Crippen LogP contribution < -0.4 is 0 Å². The molecule has 0 aliphatic carbocycles. The highest BCUT2D eigenvalue weighted by atomic mass is 16.5. The first-order valence-electron chi connectivity index (χ1n) is 15.0. The van der Waals surface area contributed by atoms with Crippen LogP contribution in [0.1, 0.15) is 80.1 Å². The Morgan fingerprint density at radius 3 is 2.33 bits per heavy atom. The Morgan fingerprint density at radius 1 is 1.13 bits per heavy atom. The zero-order valence-corrected chi connectivity index (χ0v) is 25.0. The van der Waals surface area contributed by atoms with Gasteiger partial charge in [-0.3, -0.25) is 14.4 Å². The van der Waals surface area contributed by atoms with Gasteiger partial charge in [0.1, 0.15) is 11.6 Å². The van der Waals surface area contributed by atoms with Crippen LogP contribution in [-0.2, 0) is 19.1 Å². The van der Waals surface area contributed by atoms with E-state index in [9.17, 15) is 19.5 Å². The van der Waals surface area contributed by atoms with Gasteiger partial charge >= 0.3 is 0 Å². The molecule has 0 saturated carbocycles. The van der Waals surface area contributed by atoms with Crippen molar-refractivity contribution in [1.29, 1.82) is 0 Å². The largest absolute Gasteiger partial charge is 0.394 e. The molecule has 39 heavy (non-hydrogen) atoms. The number of carbonyl (C=O) groups is 3. The lowest BCUT2D eigenvalue weighted by molar-refractivity contribution is -0.158. The number of fused-ring (bicyclic) bond motifs is 1. The summed E-state index contributed by atoms with van der Waals surface area (Å²) in [7, 11) is 0. The number of nitrogens with zero attached hydrogens (tertiary/aromatic N) is 3. The van der Waals surface area contributed by atoms with Crippen molar-refractivity contribution in [1.82, 2.24) is 14.7 Å². The lowest BCUT2D eigenvalue weighted by atomic mass is 9.66. The molecule has 3 amide bonds. The second-order valence-corrected chi connectivity index (χ2v) is 12.1. The van der Waals surface area contributed by atoms with Gasteiger partial charge < -0.3 is 24.5 Å². The quantitative estimate of drug-likeness (QED) is 0.316. The zero-order chi connectivity index (χ0) is 29.1. The SMILES string of the molecule is C=CCN(CCC)C(=O)[C@@H]1[C@H]2C(=O)N([C@@H](CO)[C@@H](C)CC)C(C(=O)N(CC=C)C(C)CCC)C23CC[C@@]1(C)O3. The predicted octanol–water partition coefficient (Wildman–Crippen LogP) is 3.79. The molecule has 3 heterocycles. The average molecular weight is 546 g/mol. The molecule has 1 spiro atoms. The van der Waals surface area contributed by atoms with E-state index in [1.807, 2.05) is 34.6 Å². The Morgan fingerprint density at radius 2 is 1.79 bits per heavy atom. The van der Waals surface area contributed by atoms with Crippen LogP contribution in [0.25, 0.3) is 0 Å². The van der Waals surface area contributed by atoms with E-state index in [-0.39, 0.29) is 36.3 Å². The number of aliphatic hydroxyl groups is 1. The van der Waals surface area contributed by atoms with E-state index in [0.717, 1.165) is 25.7 Å². The van der Waals surface area contributed by atoms with Gasteiger partial charge in [-0.15, -0.1) is 13.2 Å². The maximum Gasteiger partial charge on any atom is 0.248 e. The Bertz CT molecular complexity index is 939. The number of aliphatic hydroxyl groups excluding tert-OH is 1. The molecule has 8 heteroatoms. The number of ether oxygens (including phenoxy) is 1. The number of amides is 3. The van der Waals surface area contributed by atoms with Gasteiger partial charge in [0, 0.05) is 25.7 Å². The topological polar surface area (TPSA) is 90.4 Å². The van der Waals surface area contributed by atoms with Gasteiger partial charge in [0.2, 0.25) is 17.7 Å². The molecule has 8 atom stereocenters. The number of hydrogen-bond acceptors (Lipinski definition) is 5. The number of hydrogen-bond donors (Lipinski definition) is 1. The van der Waals surface area contributed by atoms with Crippen LogP contribution >= 0.6 is 0 Å². The molecule has 2 bridgehead atoms. The third-order valence-electron chi connectivity index (χ3n) is 9.56. The van der Waals surface area contributed by atoms with Crippen LogP contribution in [0.5, 0.6) is 0 Å². The van der Waals surface area contributed by atoms with Gasteiger partial charge in [0.15, 0.2) is 0 Å². The summed E-state index contributed by atoms with van der Waals surface area (Å²) < 4.78 is 6.83. The third-order valence-corrected chi connectivity index (χ3v) is 9.56. The predicted molar refractivity (Wildman–Crippen MR) is 153 cm³/mol. The molecule has 3 aliphatic rings. The van der Waals surface area contributed by atoms with Crippen molar-refractivity contribution in [2.24, 2.45) is 17.8 Å². The van der Waals surface area contributed by atoms with Gasteiger partial charge in [-0.2, -0.15) is 0 Å². The zero-order valence-electron chi connectivity index (χ0n) is 25.0. The van der Waals surface area contributed by atoms with Crippen molar-refractivity contribution in [3.8, 4) is 0 Å². The van der Waals surface area contributed by atoms with Crippen molar-refractivity contribution in [3.05, 3.63) is 25.3 Å². The summed E-state index contributed by atoms with van der Waals surface area (Å²) in [6, 6.07) is -1.50. The fourth-order valence-corrected chi connectivity index (χ4v) is 7.46. The van der Waals surface area contributed by atoms with Crippen LogP contribution in [-0.4, -0.2) is 93.1 Å². The summed E-state index contributed by atoms with van der Waals surface area (Å²) in [6.07, 6.45) is 7.80. The van der Waals surface area contributed by atoms with Crippen LogP contribution in [0, 0.1) is 17.8 Å². The first-order valence-corrected chi connectivity index (χ1v) is 15.0. The first-order chi connectivity index (χ1) is 18.5. The van der Waals surface area contributed by atoms with Gasteiger partial charge in [-0.05, 0) is 45.4 Å². The highest BCUT2D eigenvalue weighted by Crippen LogP contribution is 2.64. The standard InChI is InChI=1S/C31H51N3O5/c1-9-14-22(7)33(19-12-4)29(38)26-31-16-15-30(8,39-31)24(27(36)32(17-10-2)18-11-3)25(31)28(37)34(26)23(20-35)21(6)13-5/h10,12,21-26,35H,2,4,9,11,13-20H2,1,3,5-8H3/t21-,22?,23-,24-,25-,26?,30+,31?/m0/s1. The fourth-order valence-electron chi connectivity index (χ4n) is 7.46. The summed E-state index contributed by atoms with van der Waals surface area (Å²) in [5.41, 5.74) is -1.94. The van der Waals surface area contributed by atoms with Crippen molar-refractivity contribution in [2.75, 3.05) is 26.2 Å². The molecule has 3 unspecified atom stereocenters. The van der Waals surface area contributed by atoms with E-state index in [1.165, 1.54) is 0 Å². The second-order valence-electron chi connectivity index (χ2n) is 12.1. The van der Waals surface area contributed by atoms with Crippen LogP contribution in [0.4, 0.5) is 0 Å². The second kappa shape index (κ2) is 12.5. The summed E-state index contributed by atoms with van der Waals surface area (Å²) in [5.74, 6) is -2.04. The van der Waals surface area contributed by atoms with Crippen LogP contribution in [0.3, 0.4) is 0 Å². The van der Waals surface area contributed by atoms with Gasteiger partial charge in [-0.25, -0.2) is 0 Å². The van der Waals surface area contributed by atoms with E-state index in [0.29, 0.717) is 32.5 Å². The highest BCUT2D eigenvalue weighted by molar-refractivity contribution is 5.99. The minimum absolute atomic E-state index is 0.0373. The molecule has 0 aromatic carbocycles. The maximum absolute atomic E-state index is 14.6. The number of rotatable bonds is 15. The molecule has 8 nitrogen and oxygen atoms in total. The molecule has 3 aliphatic heterocycles. The Hall–Kier alpha value is -2.19. The number of likely N-dealkylation sites (tertiary alicyclic amines) is 1. The lowest BCUT2D eigenvalue weighted by Gasteiger charge is -2.42. The lowest BCUT2D eigenvalue weighted by Crippen LogP contribution is -2.61. The average Bonchev–Trinajstić information content (AvgIpc) is 3.47. The summed E-state index contributed by atoms with van der Waals surface area (Å²) >= 11 is 0. The minimum Gasteiger partial charge on any atom is -0.394 e. The van der Waals surface area contributed by atoms with E-state index in [2.05, 4.69) is 20.1 Å². The van der Waals surface area contributed by atoms with Crippen molar-refractivity contribution in [2.45, 2.75) is 109 Å². The van der Waals surface area contributed by atoms with Gasteiger partial charge in [0.05, 0.1) is 30.1 Å². The summed E-state index contributed by atoms with van der Waals surface area (Å²) in [5, 5.41) is 10.6. The molecule has 3 saturated heterocycles. The smallest absolute Gasteiger partial charge is 0.248 e. The number of carbonyl (C=O) groups excluding carboxylic acids is 3. The Balaban J connectivity index is 2.18. The Labute approximate surface area is 235 Å². The van der Waals surface area contributed by atoms with Gasteiger partial charge in [0.25, 0.3) is 0 Å². The fraction of sp³-hybridized carbons (Fsp3) is 0.774. The molecule has 0 radical (unpaired) electrons. The highest BCUT2D eigenvalue weighted by Gasteiger charge is 2.79. The third kappa shape index (κ3) is 5.19. The van der Waals surface area contributed by atoms with E-state index >= 15 is 0 Å². The van der Waals surface area contributed by atoms with E-state index in [1.54, 1.807) is 26.9 Å². The van der Waals surface area contributed by atoms with Crippen LogP contribution in [0.15, 0.2) is 25.3 Å². The molecule has 1 N–H and O–H groups in total. The monoisotopic (exact) mass is 545 g/mol. The van der Waals surface area contributed by atoms with Gasteiger partial charge in [-0.1, -0.05) is 52.7 Å². The molecule has 3 fully saturated rings. The van der Waals surface area contributed by atoms with E-state index in [4.69, 9.17) is 4.74 Å². The molecule has 220 valence electrons. The molecule has 3 rings (SSSR count). The maximum atomic E-state index is 14.6. The molecule has 0 aromatic rings. The van der Waals surface area contributed by atoms with E-state index < -0.39 is 35.1 Å². The Kier molecular flexibility index (Phi) is 10.1. The molecular weight excluding hydrogens is 494 g/mol.